The van der Waals surface area contributed by atoms with E-state index in [0.29, 0.717) is 0 Å². The van der Waals surface area contributed by atoms with E-state index < -0.39 is 5.67 Å². The number of alkyl halides is 1. The van der Waals surface area contributed by atoms with Gasteiger partial charge >= 0.3 is 0 Å². The molecule has 1 nitrogen and oxygen atoms in total. The van der Waals surface area contributed by atoms with Crippen LogP contribution in [0.2, 0.25) is 0 Å². The monoisotopic (exact) mass is 253 g/mol. The highest BCUT2D eigenvalue weighted by Crippen LogP contribution is 2.36. The smallest absolute Gasteiger partial charge is 0.148 e. The van der Waals surface area contributed by atoms with Gasteiger partial charge in [0.05, 0.1) is 0 Å². The van der Waals surface area contributed by atoms with Crippen LogP contribution in [0.3, 0.4) is 0 Å². The van der Waals surface area contributed by atoms with E-state index in [4.69, 9.17) is 0 Å². The fraction of sp³-hybridized carbons (Fsp3) is 0.571. The Kier molecular flexibility index (Phi) is 3.79. The van der Waals surface area contributed by atoms with Crippen LogP contribution in [0.5, 0.6) is 0 Å². The molecule has 0 spiro atoms. The van der Waals surface area contributed by atoms with Gasteiger partial charge in [-0.25, -0.2) is 4.39 Å². The number of hydrogen-bond donors (Lipinski definition) is 1. The molecule has 0 aliphatic carbocycles. The van der Waals surface area contributed by atoms with E-state index in [1.165, 1.54) is 10.5 Å². The third-order valence-corrected chi connectivity index (χ3v) is 4.69. The molecule has 0 radical (unpaired) electrons. The van der Waals surface area contributed by atoms with Crippen molar-refractivity contribution in [1.29, 1.82) is 0 Å². The number of hydrogen-bond acceptors (Lipinski definition) is 2. The molecule has 1 aliphatic heterocycles. The summed E-state index contributed by atoms with van der Waals surface area (Å²) in [5.41, 5.74) is 0.797. The van der Waals surface area contributed by atoms with Gasteiger partial charge in [0.1, 0.15) is 5.67 Å². The van der Waals surface area contributed by atoms with Gasteiger partial charge in [-0.3, -0.25) is 0 Å². The molecule has 0 bridgehead atoms. The third-order valence-electron chi connectivity index (χ3n) is 3.58. The Morgan fingerprint density at radius 3 is 3.00 bits per heavy atom. The van der Waals surface area contributed by atoms with Crippen LogP contribution in [-0.4, -0.2) is 18.3 Å². The van der Waals surface area contributed by atoms with Crippen molar-refractivity contribution in [3.63, 3.8) is 0 Å². The summed E-state index contributed by atoms with van der Waals surface area (Å²) >= 11 is 1.87. The van der Waals surface area contributed by atoms with E-state index in [9.17, 15) is 4.39 Å². The van der Waals surface area contributed by atoms with E-state index in [2.05, 4.69) is 11.4 Å². The SMILES string of the molecule is CCNC(C)C(C)(F)c1ccc2c(c1)CCS2. The van der Waals surface area contributed by atoms with E-state index >= 15 is 0 Å². The minimum absolute atomic E-state index is 0.167. The maximum Gasteiger partial charge on any atom is 0.148 e. The molecule has 3 heteroatoms. The molecule has 0 saturated heterocycles. The van der Waals surface area contributed by atoms with E-state index in [0.717, 1.165) is 24.3 Å². The van der Waals surface area contributed by atoms with E-state index in [1.54, 1.807) is 6.92 Å². The summed E-state index contributed by atoms with van der Waals surface area (Å²) in [5, 5.41) is 3.17. The number of fused-ring (bicyclic) bond motifs is 1. The Morgan fingerprint density at radius 2 is 2.29 bits per heavy atom. The Balaban J connectivity index is 2.26. The molecular weight excluding hydrogens is 233 g/mol. The van der Waals surface area contributed by atoms with Crippen molar-refractivity contribution >= 4 is 11.8 Å². The van der Waals surface area contributed by atoms with Crippen molar-refractivity contribution in [2.24, 2.45) is 0 Å². The van der Waals surface area contributed by atoms with Gasteiger partial charge in [-0.05, 0) is 44.0 Å². The van der Waals surface area contributed by atoms with Gasteiger partial charge < -0.3 is 5.32 Å². The van der Waals surface area contributed by atoms with Crippen molar-refractivity contribution in [1.82, 2.24) is 5.32 Å². The quantitative estimate of drug-likeness (QED) is 0.881. The van der Waals surface area contributed by atoms with Gasteiger partial charge in [-0.2, -0.15) is 0 Å². The normalized spacial score (nSPS) is 19.8. The van der Waals surface area contributed by atoms with Crippen LogP contribution in [0.15, 0.2) is 23.1 Å². The van der Waals surface area contributed by atoms with E-state index in [-0.39, 0.29) is 6.04 Å². The van der Waals surface area contributed by atoms with Crippen LogP contribution in [0.4, 0.5) is 4.39 Å². The molecule has 0 saturated carbocycles. The first kappa shape index (κ1) is 12.9. The van der Waals surface area contributed by atoms with Crippen LogP contribution in [0.25, 0.3) is 0 Å². The van der Waals surface area contributed by atoms with Crippen LogP contribution in [0.1, 0.15) is 31.9 Å². The lowest BCUT2D eigenvalue weighted by Gasteiger charge is -2.29. The van der Waals surface area contributed by atoms with Crippen LogP contribution >= 0.6 is 11.8 Å². The standard InChI is InChI=1S/C14H20FNS/c1-4-16-10(2)14(3,15)12-5-6-13-11(9-12)7-8-17-13/h5-6,9-10,16H,4,7-8H2,1-3H3. The first-order valence-electron chi connectivity index (χ1n) is 6.24. The maximum absolute atomic E-state index is 14.8. The second kappa shape index (κ2) is 4.99. The summed E-state index contributed by atoms with van der Waals surface area (Å²) < 4.78 is 14.8. The second-order valence-corrected chi connectivity index (χ2v) is 5.91. The zero-order chi connectivity index (χ0) is 12.5. The van der Waals surface area contributed by atoms with Gasteiger partial charge in [-0.15, -0.1) is 11.8 Å². The van der Waals surface area contributed by atoms with Gasteiger partial charge in [0.15, 0.2) is 0 Å². The number of halogens is 1. The first-order chi connectivity index (χ1) is 8.05. The van der Waals surface area contributed by atoms with Gasteiger partial charge in [0.2, 0.25) is 0 Å². The zero-order valence-electron chi connectivity index (χ0n) is 10.7. The Bertz CT molecular complexity index is 403. The zero-order valence-corrected chi connectivity index (χ0v) is 11.5. The molecule has 2 rings (SSSR count). The lowest BCUT2D eigenvalue weighted by molar-refractivity contribution is 0.136. The molecular formula is C14H20FNS. The molecule has 1 heterocycles. The summed E-state index contributed by atoms with van der Waals surface area (Å²) in [6, 6.07) is 5.88. The number of rotatable bonds is 4. The molecule has 0 aromatic heterocycles. The predicted molar refractivity (Wildman–Crippen MR) is 72.5 cm³/mol. The number of likely N-dealkylation sites (N-methyl/N-ethyl adjacent to an activating group) is 1. The van der Waals surface area contributed by atoms with Crippen molar-refractivity contribution in [2.45, 2.75) is 43.8 Å². The lowest BCUT2D eigenvalue weighted by Crippen LogP contribution is -2.41. The fourth-order valence-electron chi connectivity index (χ4n) is 2.24. The summed E-state index contributed by atoms with van der Waals surface area (Å²) in [4.78, 5) is 1.32. The van der Waals surface area contributed by atoms with Gasteiger partial charge in [0.25, 0.3) is 0 Å². The fourth-order valence-corrected chi connectivity index (χ4v) is 3.29. The number of benzene rings is 1. The number of thioether (sulfide) groups is 1. The average Bonchev–Trinajstić information content (AvgIpc) is 2.76. The van der Waals surface area contributed by atoms with Gasteiger partial charge in [0, 0.05) is 16.7 Å². The van der Waals surface area contributed by atoms with Gasteiger partial charge in [-0.1, -0.05) is 19.1 Å². The highest BCUT2D eigenvalue weighted by Gasteiger charge is 2.33. The molecule has 94 valence electrons. The predicted octanol–water partition coefficient (Wildman–Crippen LogP) is 3.52. The third kappa shape index (κ3) is 2.50. The average molecular weight is 253 g/mol. The van der Waals surface area contributed by atoms with Crippen molar-refractivity contribution < 1.29 is 4.39 Å². The molecule has 0 amide bonds. The van der Waals surface area contributed by atoms with Crippen LogP contribution in [0, 0.1) is 0 Å². The molecule has 1 N–H and O–H groups in total. The minimum Gasteiger partial charge on any atom is -0.311 e. The summed E-state index contributed by atoms with van der Waals surface area (Å²) in [6.45, 7) is 6.38. The van der Waals surface area contributed by atoms with Crippen molar-refractivity contribution in [3.05, 3.63) is 29.3 Å². The molecule has 0 fully saturated rings. The summed E-state index contributed by atoms with van der Waals surface area (Å²) in [5.74, 6) is 1.13. The summed E-state index contributed by atoms with van der Waals surface area (Å²) in [7, 11) is 0. The van der Waals surface area contributed by atoms with Crippen molar-refractivity contribution in [3.8, 4) is 0 Å². The number of nitrogens with one attached hydrogen (secondary N) is 1. The minimum atomic E-state index is -1.31. The van der Waals surface area contributed by atoms with Crippen molar-refractivity contribution in [2.75, 3.05) is 12.3 Å². The Morgan fingerprint density at radius 1 is 1.53 bits per heavy atom. The summed E-state index contributed by atoms with van der Waals surface area (Å²) in [6.07, 6.45) is 1.07. The lowest BCUT2D eigenvalue weighted by atomic mass is 9.89. The molecule has 17 heavy (non-hydrogen) atoms. The molecule has 1 aromatic carbocycles. The number of aryl methyl sites for hydroxylation is 1. The maximum atomic E-state index is 14.8. The topological polar surface area (TPSA) is 12.0 Å². The van der Waals surface area contributed by atoms with E-state index in [1.807, 2.05) is 37.7 Å². The molecule has 1 aromatic rings. The Labute approximate surface area is 107 Å². The highest BCUT2D eigenvalue weighted by atomic mass is 32.2. The second-order valence-electron chi connectivity index (χ2n) is 4.78. The molecule has 2 unspecified atom stereocenters. The van der Waals surface area contributed by atoms with Crippen LogP contribution < -0.4 is 5.32 Å². The first-order valence-corrected chi connectivity index (χ1v) is 7.22. The van der Waals surface area contributed by atoms with Crippen LogP contribution in [-0.2, 0) is 12.1 Å². The largest absolute Gasteiger partial charge is 0.311 e. The Hall–Kier alpha value is -0.540. The molecule has 1 aliphatic rings. The highest BCUT2D eigenvalue weighted by molar-refractivity contribution is 7.99. The molecule has 2 atom stereocenters.